The number of nitrogens with zero attached hydrogens (tertiary/aromatic N) is 1. The first-order valence-electron chi connectivity index (χ1n) is 8.06. The third-order valence-electron chi connectivity index (χ3n) is 4.08. The van der Waals surface area contributed by atoms with Gasteiger partial charge in [-0.3, -0.25) is 4.90 Å². The summed E-state index contributed by atoms with van der Waals surface area (Å²) in [4.78, 5) is 2.44. The van der Waals surface area contributed by atoms with E-state index in [4.69, 9.17) is 0 Å². The fraction of sp³-hybridized carbons (Fsp3) is 0.647. The van der Waals surface area contributed by atoms with Gasteiger partial charge in [-0.1, -0.05) is 26.0 Å². The van der Waals surface area contributed by atoms with Crippen LogP contribution in [0.3, 0.4) is 0 Å². The highest BCUT2D eigenvalue weighted by atomic mass is 35.5. The smallest absolute Gasteiger partial charge is 0.387 e. The molecule has 0 aliphatic carbocycles. The first kappa shape index (κ1) is 23.4. The second kappa shape index (κ2) is 11.9. The molecule has 1 aromatic rings. The lowest BCUT2D eigenvalue weighted by molar-refractivity contribution is -0.0499. The molecule has 1 heterocycles. The molecule has 0 unspecified atom stereocenters. The van der Waals surface area contributed by atoms with Gasteiger partial charge in [-0.25, -0.2) is 0 Å². The zero-order valence-electron chi connectivity index (χ0n) is 14.2. The fourth-order valence-corrected chi connectivity index (χ4v) is 2.94. The summed E-state index contributed by atoms with van der Waals surface area (Å²) in [6.45, 7) is 5.59. The maximum Gasteiger partial charge on any atom is 0.387 e. The number of hydrogen-bond donors (Lipinski definition) is 1. The van der Waals surface area contributed by atoms with E-state index in [1.165, 1.54) is 0 Å². The van der Waals surface area contributed by atoms with E-state index >= 15 is 0 Å². The Morgan fingerprint density at radius 2 is 1.79 bits per heavy atom. The molecule has 0 radical (unpaired) electrons. The first-order chi connectivity index (χ1) is 10.6. The van der Waals surface area contributed by atoms with Crippen LogP contribution in [0.2, 0.25) is 0 Å². The molecule has 1 aliphatic heterocycles. The number of halogens is 4. The normalized spacial score (nSPS) is 16.4. The van der Waals surface area contributed by atoms with Crippen molar-refractivity contribution in [1.82, 2.24) is 10.2 Å². The number of hydrogen-bond acceptors (Lipinski definition) is 3. The van der Waals surface area contributed by atoms with Crippen molar-refractivity contribution in [3.05, 3.63) is 29.8 Å². The Bertz CT molecular complexity index is 458. The molecule has 1 N–H and O–H groups in total. The van der Waals surface area contributed by atoms with Crippen LogP contribution >= 0.6 is 24.8 Å². The molecule has 3 nitrogen and oxygen atoms in total. The average molecular weight is 385 g/mol. The highest BCUT2D eigenvalue weighted by molar-refractivity contribution is 5.85. The number of rotatable bonds is 7. The third kappa shape index (κ3) is 7.51. The molecule has 0 amide bonds. The van der Waals surface area contributed by atoms with Crippen molar-refractivity contribution in [2.24, 2.45) is 5.92 Å². The van der Waals surface area contributed by atoms with Crippen molar-refractivity contribution in [2.75, 3.05) is 26.2 Å². The Hall–Kier alpha value is -0.620. The van der Waals surface area contributed by atoms with Gasteiger partial charge in [0.2, 0.25) is 0 Å². The van der Waals surface area contributed by atoms with E-state index in [2.05, 4.69) is 28.8 Å². The van der Waals surface area contributed by atoms with Gasteiger partial charge in [0, 0.05) is 32.2 Å². The predicted octanol–water partition coefficient (Wildman–Crippen LogP) is 4.51. The van der Waals surface area contributed by atoms with Crippen molar-refractivity contribution in [2.45, 2.75) is 39.3 Å². The zero-order valence-corrected chi connectivity index (χ0v) is 15.8. The van der Waals surface area contributed by atoms with Crippen LogP contribution in [0.1, 0.15) is 38.3 Å². The molecule has 1 aromatic carbocycles. The molecule has 1 atom stereocenters. The van der Waals surface area contributed by atoms with Crippen LogP contribution < -0.4 is 10.1 Å². The Balaban J connectivity index is 0.00000264. The van der Waals surface area contributed by atoms with Gasteiger partial charge < -0.3 is 10.1 Å². The van der Waals surface area contributed by atoms with Gasteiger partial charge in [-0.2, -0.15) is 8.78 Å². The van der Waals surface area contributed by atoms with Gasteiger partial charge in [0.25, 0.3) is 0 Å². The molecule has 1 fully saturated rings. The molecule has 2 rings (SSSR count). The van der Waals surface area contributed by atoms with Crippen LogP contribution in [0.4, 0.5) is 8.78 Å². The number of nitrogens with one attached hydrogen (secondary N) is 1. The molecule has 1 saturated heterocycles. The number of alkyl halides is 2. The fourth-order valence-electron chi connectivity index (χ4n) is 2.94. The van der Waals surface area contributed by atoms with Crippen LogP contribution in [0.25, 0.3) is 0 Å². The van der Waals surface area contributed by atoms with E-state index in [1.807, 2.05) is 6.07 Å². The van der Waals surface area contributed by atoms with E-state index in [1.54, 1.807) is 18.2 Å². The molecule has 0 saturated carbocycles. The topological polar surface area (TPSA) is 24.5 Å². The Kier molecular flexibility index (Phi) is 11.5. The Morgan fingerprint density at radius 3 is 2.38 bits per heavy atom. The lowest BCUT2D eigenvalue weighted by atomic mass is 9.95. The largest absolute Gasteiger partial charge is 0.435 e. The van der Waals surface area contributed by atoms with E-state index in [-0.39, 0.29) is 36.6 Å². The summed E-state index contributed by atoms with van der Waals surface area (Å²) in [6, 6.07) is 7.44. The standard InChI is InChI=1S/C17H26F2N2O.2ClH/c1-13(2)6-7-16(21-10-8-20-9-11-21)14-4-3-5-15(12-14)22-17(18)19;;/h3-5,12-13,16-17,20H,6-11H2,1-2H3;2*1H/t16-;;/m1../s1. The molecule has 24 heavy (non-hydrogen) atoms. The summed E-state index contributed by atoms with van der Waals surface area (Å²) in [6.07, 6.45) is 2.16. The predicted molar refractivity (Wildman–Crippen MR) is 98.8 cm³/mol. The van der Waals surface area contributed by atoms with Gasteiger partial charge >= 0.3 is 6.61 Å². The highest BCUT2D eigenvalue weighted by Crippen LogP contribution is 2.30. The minimum Gasteiger partial charge on any atom is -0.435 e. The molecule has 0 bridgehead atoms. The molecule has 7 heteroatoms. The summed E-state index contributed by atoms with van der Waals surface area (Å²) < 4.78 is 29.4. The maximum absolute atomic E-state index is 12.4. The summed E-state index contributed by atoms with van der Waals surface area (Å²) in [7, 11) is 0. The van der Waals surface area contributed by atoms with Gasteiger partial charge in [-0.05, 0) is 36.5 Å². The van der Waals surface area contributed by atoms with Crippen molar-refractivity contribution in [3.63, 3.8) is 0 Å². The SMILES string of the molecule is CC(C)CC[C@H](c1cccc(OC(F)F)c1)N1CCNCC1.Cl.Cl. The second-order valence-electron chi connectivity index (χ2n) is 6.22. The van der Waals surface area contributed by atoms with E-state index in [9.17, 15) is 8.78 Å². The van der Waals surface area contributed by atoms with Crippen molar-refractivity contribution in [1.29, 1.82) is 0 Å². The molecule has 0 spiro atoms. The lowest BCUT2D eigenvalue weighted by Crippen LogP contribution is -2.45. The van der Waals surface area contributed by atoms with Gasteiger partial charge in [-0.15, -0.1) is 24.8 Å². The summed E-state index contributed by atoms with van der Waals surface area (Å²) in [5, 5.41) is 3.36. The molecular formula is C17H28Cl2F2N2O. The highest BCUT2D eigenvalue weighted by Gasteiger charge is 2.22. The summed E-state index contributed by atoms with van der Waals surface area (Å²) in [5.41, 5.74) is 1.07. The third-order valence-corrected chi connectivity index (χ3v) is 4.08. The number of benzene rings is 1. The number of ether oxygens (including phenoxy) is 1. The molecular weight excluding hydrogens is 357 g/mol. The van der Waals surface area contributed by atoms with Gasteiger partial charge in [0.15, 0.2) is 0 Å². The van der Waals surface area contributed by atoms with E-state index < -0.39 is 6.61 Å². The second-order valence-corrected chi connectivity index (χ2v) is 6.22. The van der Waals surface area contributed by atoms with Crippen LogP contribution in [0, 0.1) is 5.92 Å². The monoisotopic (exact) mass is 384 g/mol. The average Bonchev–Trinajstić information content (AvgIpc) is 2.48. The van der Waals surface area contributed by atoms with Crippen LogP contribution in [0.5, 0.6) is 5.75 Å². The van der Waals surface area contributed by atoms with Crippen molar-refractivity contribution < 1.29 is 13.5 Å². The van der Waals surface area contributed by atoms with Gasteiger partial charge in [0.05, 0.1) is 0 Å². The summed E-state index contributed by atoms with van der Waals surface area (Å²) >= 11 is 0. The number of piperazine rings is 1. The minimum atomic E-state index is -2.77. The van der Waals surface area contributed by atoms with Crippen LogP contribution in [0.15, 0.2) is 24.3 Å². The molecule has 0 aromatic heterocycles. The van der Waals surface area contributed by atoms with Crippen molar-refractivity contribution >= 4 is 24.8 Å². The first-order valence-corrected chi connectivity index (χ1v) is 8.06. The zero-order chi connectivity index (χ0) is 15.9. The summed E-state index contributed by atoms with van der Waals surface area (Å²) in [5.74, 6) is 0.878. The quantitative estimate of drug-likeness (QED) is 0.747. The van der Waals surface area contributed by atoms with E-state index in [0.717, 1.165) is 44.6 Å². The van der Waals surface area contributed by atoms with Crippen molar-refractivity contribution in [3.8, 4) is 5.75 Å². The Morgan fingerprint density at radius 1 is 1.12 bits per heavy atom. The Labute approximate surface area is 156 Å². The van der Waals surface area contributed by atoms with Crippen LogP contribution in [-0.2, 0) is 0 Å². The van der Waals surface area contributed by atoms with E-state index in [0.29, 0.717) is 5.92 Å². The lowest BCUT2D eigenvalue weighted by Gasteiger charge is -2.35. The van der Waals surface area contributed by atoms with Crippen LogP contribution in [-0.4, -0.2) is 37.7 Å². The van der Waals surface area contributed by atoms with Gasteiger partial charge in [0.1, 0.15) is 5.75 Å². The molecule has 1 aliphatic rings. The minimum absolute atomic E-state index is 0. The maximum atomic E-state index is 12.4. The molecule has 140 valence electrons.